The van der Waals surface area contributed by atoms with Gasteiger partial charge in [0.15, 0.2) is 0 Å². The third-order valence-corrected chi connectivity index (χ3v) is 6.19. The molecule has 0 aliphatic carbocycles. The summed E-state index contributed by atoms with van der Waals surface area (Å²) in [7, 11) is 0. The van der Waals surface area contributed by atoms with Crippen LogP contribution in [0.15, 0.2) is 54.6 Å². The number of rotatable bonds is 6. The Morgan fingerprint density at radius 1 is 0.906 bits per heavy atom. The molecule has 1 aliphatic heterocycles. The van der Waals surface area contributed by atoms with Gasteiger partial charge in [0.25, 0.3) is 0 Å². The van der Waals surface area contributed by atoms with E-state index >= 15 is 0 Å². The number of hydrogen-bond acceptors (Lipinski definition) is 4. The number of nitrogens with zero attached hydrogens (tertiary/aromatic N) is 4. The molecular weight excluding hydrogens is 398 g/mol. The van der Waals surface area contributed by atoms with Crippen LogP contribution in [0.2, 0.25) is 0 Å². The molecule has 1 saturated heterocycles. The lowest BCUT2D eigenvalue weighted by atomic mass is 10.1. The number of carbonyl (C=O) groups is 1. The zero-order chi connectivity index (χ0) is 22.5. The lowest BCUT2D eigenvalue weighted by Crippen LogP contribution is -2.30. The fourth-order valence-electron chi connectivity index (χ4n) is 4.44. The molecule has 0 saturated carbocycles. The smallest absolute Gasteiger partial charge is 0.221 e. The van der Waals surface area contributed by atoms with E-state index in [1.165, 1.54) is 23.7 Å². The maximum absolute atomic E-state index is 11.2. The van der Waals surface area contributed by atoms with Crippen molar-refractivity contribution < 1.29 is 4.79 Å². The highest BCUT2D eigenvalue weighted by atomic mass is 16.1. The summed E-state index contributed by atoms with van der Waals surface area (Å²) < 4.78 is 2.07. The Hall–Kier alpha value is -2.96. The van der Waals surface area contributed by atoms with Crippen molar-refractivity contribution in [2.75, 3.05) is 31.5 Å². The summed E-state index contributed by atoms with van der Waals surface area (Å²) >= 11 is 0. The van der Waals surface area contributed by atoms with Gasteiger partial charge in [-0.15, -0.1) is 0 Å². The van der Waals surface area contributed by atoms with Crippen LogP contribution < -0.4 is 5.32 Å². The van der Waals surface area contributed by atoms with Gasteiger partial charge < -0.3 is 5.32 Å². The monoisotopic (exact) mass is 431 g/mol. The van der Waals surface area contributed by atoms with Crippen molar-refractivity contribution in [3.63, 3.8) is 0 Å². The predicted molar refractivity (Wildman–Crippen MR) is 129 cm³/mol. The molecule has 0 unspecified atom stereocenters. The van der Waals surface area contributed by atoms with Crippen LogP contribution in [0.4, 0.5) is 5.69 Å². The summed E-state index contributed by atoms with van der Waals surface area (Å²) in [6, 6.07) is 18.6. The van der Waals surface area contributed by atoms with Crippen molar-refractivity contribution in [2.24, 2.45) is 0 Å². The standard InChI is InChI=1S/C26H33N5O/c1-20-26(21(2)31(28-20)25-8-5-4-6-9-25)19-30-15-7-14-29(16-17-30)18-23-10-12-24(13-11-23)27-22(3)32/h4-6,8-13H,7,14-19H2,1-3H3,(H,27,32). The van der Waals surface area contributed by atoms with E-state index in [9.17, 15) is 4.79 Å². The normalized spacial score (nSPS) is 15.5. The summed E-state index contributed by atoms with van der Waals surface area (Å²) in [6.07, 6.45) is 1.16. The number of nitrogens with one attached hydrogen (secondary N) is 1. The quantitative estimate of drug-likeness (QED) is 0.637. The van der Waals surface area contributed by atoms with Gasteiger partial charge in [-0.2, -0.15) is 5.10 Å². The number of amides is 1. The van der Waals surface area contributed by atoms with Crippen LogP contribution in [0.25, 0.3) is 5.69 Å². The van der Waals surface area contributed by atoms with Crippen LogP contribution in [0.5, 0.6) is 0 Å². The molecule has 6 nitrogen and oxygen atoms in total. The van der Waals surface area contributed by atoms with Gasteiger partial charge in [-0.25, -0.2) is 4.68 Å². The molecular formula is C26H33N5O. The average molecular weight is 432 g/mol. The molecule has 1 amide bonds. The van der Waals surface area contributed by atoms with Gasteiger partial charge in [0.05, 0.1) is 11.4 Å². The molecule has 1 fully saturated rings. The third-order valence-electron chi connectivity index (χ3n) is 6.19. The Labute approximate surface area is 190 Å². The van der Waals surface area contributed by atoms with E-state index in [1.807, 2.05) is 18.2 Å². The lowest BCUT2D eigenvalue weighted by Gasteiger charge is -2.22. The minimum absolute atomic E-state index is 0.0369. The van der Waals surface area contributed by atoms with Gasteiger partial charge in [-0.1, -0.05) is 30.3 Å². The molecule has 0 bridgehead atoms. The van der Waals surface area contributed by atoms with Crippen molar-refractivity contribution in [3.05, 3.63) is 77.1 Å². The average Bonchev–Trinajstić information content (AvgIpc) is 2.93. The number of para-hydroxylation sites is 1. The number of anilines is 1. The first-order valence-corrected chi connectivity index (χ1v) is 11.4. The number of hydrogen-bond donors (Lipinski definition) is 1. The highest BCUT2D eigenvalue weighted by Crippen LogP contribution is 2.21. The molecule has 32 heavy (non-hydrogen) atoms. The summed E-state index contributed by atoms with van der Waals surface area (Å²) in [5.41, 5.74) is 6.94. The van der Waals surface area contributed by atoms with Crippen LogP contribution in [0, 0.1) is 13.8 Å². The highest BCUT2D eigenvalue weighted by Gasteiger charge is 2.19. The number of carbonyl (C=O) groups excluding carboxylic acids is 1. The molecule has 1 N–H and O–H groups in total. The summed E-state index contributed by atoms with van der Waals surface area (Å²) in [5.74, 6) is -0.0369. The molecule has 2 aromatic carbocycles. The molecule has 4 rings (SSSR count). The van der Waals surface area contributed by atoms with E-state index in [2.05, 4.69) is 70.0 Å². The van der Waals surface area contributed by atoms with Crippen LogP contribution >= 0.6 is 0 Å². The van der Waals surface area contributed by atoms with Crippen LogP contribution in [-0.4, -0.2) is 51.7 Å². The molecule has 1 aliphatic rings. The minimum atomic E-state index is -0.0369. The first-order valence-electron chi connectivity index (χ1n) is 11.4. The number of benzene rings is 2. The maximum Gasteiger partial charge on any atom is 0.221 e. The SMILES string of the molecule is CC(=O)Nc1ccc(CN2CCCN(Cc3c(C)nn(-c4ccccc4)c3C)CC2)cc1. The fourth-order valence-corrected chi connectivity index (χ4v) is 4.44. The Kier molecular flexibility index (Phi) is 7.02. The molecule has 3 aromatic rings. The van der Waals surface area contributed by atoms with E-state index < -0.39 is 0 Å². The number of aromatic nitrogens is 2. The van der Waals surface area contributed by atoms with Gasteiger partial charge >= 0.3 is 0 Å². The molecule has 0 radical (unpaired) electrons. The summed E-state index contributed by atoms with van der Waals surface area (Å²) in [4.78, 5) is 16.3. The maximum atomic E-state index is 11.2. The van der Waals surface area contributed by atoms with Crippen molar-refractivity contribution in [3.8, 4) is 5.69 Å². The van der Waals surface area contributed by atoms with Crippen molar-refractivity contribution >= 4 is 11.6 Å². The first kappa shape index (κ1) is 22.2. The predicted octanol–water partition coefficient (Wildman–Crippen LogP) is 4.16. The first-order chi connectivity index (χ1) is 15.5. The molecule has 168 valence electrons. The highest BCUT2D eigenvalue weighted by molar-refractivity contribution is 5.88. The fraction of sp³-hybridized carbons (Fsp3) is 0.385. The topological polar surface area (TPSA) is 53.4 Å². The Morgan fingerprint density at radius 3 is 2.22 bits per heavy atom. The molecule has 6 heteroatoms. The second kappa shape index (κ2) is 10.1. The van der Waals surface area contributed by atoms with Gasteiger partial charge in [-0.3, -0.25) is 14.6 Å². The van der Waals surface area contributed by atoms with Gasteiger partial charge in [0, 0.05) is 50.0 Å². The summed E-state index contributed by atoms with van der Waals surface area (Å²) in [6.45, 7) is 12.0. The Bertz CT molecular complexity index is 1040. The van der Waals surface area contributed by atoms with Gasteiger partial charge in [0.2, 0.25) is 5.91 Å². The van der Waals surface area contributed by atoms with E-state index in [-0.39, 0.29) is 5.91 Å². The number of aryl methyl sites for hydroxylation is 1. The minimum Gasteiger partial charge on any atom is -0.326 e. The van der Waals surface area contributed by atoms with E-state index in [0.717, 1.165) is 62.8 Å². The zero-order valence-electron chi connectivity index (χ0n) is 19.3. The lowest BCUT2D eigenvalue weighted by molar-refractivity contribution is -0.114. The van der Waals surface area contributed by atoms with Crippen LogP contribution in [-0.2, 0) is 17.9 Å². The molecule has 0 spiro atoms. The second-order valence-electron chi connectivity index (χ2n) is 8.68. The van der Waals surface area contributed by atoms with Gasteiger partial charge in [-0.05, 0) is 63.2 Å². The van der Waals surface area contributed by atoms with Crippen molar-refractivity contribution in [1.29, 1.82) is 0 Å². The van der Waals surface area contributed by atoms with E-state index in [4.69, 9.17) is 5.10 Å². The summed E-state index contributed by atoms with van der Waals surface area (Å²) in [5, 5.41) is 7.65. The van der Waals surface area contributed by atoms with Crippen molar-refractivity contribution in [1.82, 2.24) is 19.6 Å². The molecule has 1 aromatic heterocycles. The van der Waals surface area contributed by atoms with Crippen molar-refractivity contribution in [2.45, 2.75) is 40.3 Å². The molecule has 0 atom stereocenters. The Balaban J connectivity index is 1.36. The largest absolute Gasteiger partial charge is 0.326 e. The second-order valence-corrected chi connectivity index (χ2v) is 8.68. The van der Waals surface area contributed by atoms with E-state index in [1.54, 1.807) is 0 Å². The van der Waals surface area contributed by atoms with Crippen LogP contribution in [0.3, 0.4) is 0 Å². The Morgan fingerprint density at radius 2 is 1.56 bits per heavy atom. The molecule has 2 heterocycles. The van der Waals surface area contributed by atoms with Gasteiger partial charge in [0.1, 0.15) is 0 Å². The third kappa shape index (κ3) is 5.44. The zero-order valence-corrected chi connectivity index (χ0v) is 19.3. The van der Waals surface area contributed by atoms with Crippen LogP contribution in [0.1, 0.15) is 35.9 Å². The van der Waals surface area contributed by atoms with E-state index in [0.29, 0.717) is 0 Å².